The molecule has 0 spiro atoms. The van der Waals surface area contributed by atoms with Gasteiger partial charge < -0.3 is 20.7 Å². The molecular weight excluding hydrogens is 254 g/mol. The highest BCUT2D eigenvalue weighted by Crippen LogP contribution is 2.37. The molecular formula is C15H23N3O2. The summed E-state index contributed by atoms with van der Waals surface area (Å²) in [6.45, 7) is 7.17. The molecule has 1 amide bonds. The topological polar surface area (TPSA) is 67.6 Å². The first kappa shape index (κ1) is 14.7. The Morgan fingerprint density at radius 3 is 2.75 bits per heavy atom. The highest BCUT2D eigenvalue weighted by Gasteiger charge is 2.39. The maximum atomic E-state index is 12.1. The van der Waals surface area contributed by atoms with Gasteiger partial charge in [0.05, 0.1) is 7.11 Å². The first-order valence-electron chi connectivity index (χ1n) is 6.88. The summed E-state index contributed by atoms with van der Waals surface area (Å²) in [4.78, 5) is 14.2. The summed E-state index contributed by atoms with van der Waals surface area (Å²) in [5, 5.41) is 2.91. The molecule has 2 rings (SSSR count). The maximum absolute atomic E-state index is 12.1. The van der Waals surface area contributed by atoms with Crippen molar-refractivity contribution < 1.29 is 9.53 Å². The second kappa shape index (κ2) is 5.32. The molecule has 0 aromatic heterocycles. The molecule has 1 aliphatic heterocycles. The number of carbonyl (C=O) groups is 1. The molecule has 1 fully saturated rings. The number of nitrogens with two attached hydrogens (primary N) is 1. The summed E-state index contributed by atoms with van der Waals surface area (Å²) < 4.78 is 5.43. The van der Waals surface area contributed by atoms with Crippen LogP contribution in [0.25, 0.3) is 0 Å². The minimum absolute atomic E-state index is 0.0298. The van der Waals surface area contributed by atoms with Crippen molar-refractivity contribution in [1.29, 1.82) is 0 Å². The molecule has 1 heterocycles. The Morgan fingerprint density at radius 1 is 1.45 bits per heavy atom. The lowest BCUT2D eigenvalue weighted by atomic mass is 9.95. The van der Waals surface area contributed by atoms with Gasteiger partial charge in [0.2, 0.25) is 5.91 Å². The van der Waals surface area contributed by atoms with E-state index in [-0.39, 0.29) is 11.9 Å². The van der Waals surface area contributed by atoms with Crippen molar-refractivity contribution in [2.75, 3.05) is 25.1 Å². The first-order valence-corrected chi connectivity index (χ1v) is 6.88. The number of benzene rings is 1. The third kappa shape index (κ3) is 2.33. The standard InChI is InChI=1S/C15H23N3O2/c1-10(16)13-11(6-5-7-12(13)20-4)18-9-8-17-14(19)15(18,2)3/h5-7,10H,8-9,16H2,1-4H3,(H,17,19)/t10-/m1/s1. The summed E-state index contributed by atoms with van der Waals surface area (Å²) >= 11 is 0. The summed E-state index contributed by atoms with van der Waals surface area (Å²) in [5.74, 6) is 0.793. The second-order valence-corrected chi connectivity index (χ2v) is 5.65. The van der Waals surface area contributed by atoms with Crippen LogP contribution in [0.4, 0.5) is 5.69 Å². The van der Waals surface area contributed by atoms with Gasteiger partial charge >= 0.3 is 0 Å². The number of carbonyl (C=O) groups excluding carboxylic acids is 1. The van der Waals surface area contributed by atoms with Gasteiger partial charge in [0, 0.05) is 30.4 Å². The molecule has 5 nitrogen and oxygen atoms in total. The van der Waals surface area contributed by atoms with E-state index in [1.165, 1.54) is 0 Å². The van der Waals surface area contributed by atoms with Crippen LogP contribution < -0.4 is 20.7 Å². The zero-order valence-corrected chi connectivity index (χ0v) is 12.6. The van der Waals surface area contributed by atoms with Crippen LogP contribution in [0.3, 0.4) is 0 Å². The smallest absolute Gasteiger partial charge is 0.245 e. The fourth-order valence-corrected chi connectivity index (χ4v) is 2.72. The van der Waals surface area contributed by atoms with Crippen LogP contribution in [0.5, 0.6) is 5.75 Å². The Morgan fingerprint density at radius 2 is 2.15 bits per heavy atom. The number of piperazine rings is 1. The number of anilines is 1. The van der Waals surface area contributed by atoms with Crippen LogP contribution in [0.2, 0.25) is 0 Å². The number of amides is 1. The number of nitrogens with zero attached hydrogens (tertiary/aromatic N) is 1. The monoisotopic (exact) mass is 277 g/mol. The molecule has 1 atom stereocenters. The summed E-state index contributed by atoms with van der Waals surface area (Å²) in [6.07, 6.45) is 0. The molecule has 20 heavy (non-hydrogen) atoms. The zero-order chi connectivity index (χ0) is 14.9. The lowest BCUT2D eigenvalue weighted by Gasteiger charge is -2.44. The highest BCUT2D eigenvalue weighted by molar-refractivity contribution is 5.91. The minimum atomic E-state index is -0.603. The first-order chi connectivity index (χ1) is 9.39. The van der Waals surface area contributed by atoms with Crippen molar-refractivity contribution in [2.45, 2.75) is 32.4 Å². The van der Waals surface area contributed by atoms with E-state index >= 15 is 0 Å². The zero-order valence-electron chi connectivity index (χ0n) is 12.6. The molecule has 0 radical (unpaired) electrons. The van der Waals surface area contributed by atoms with Crippen molar-refractivity contribution in [3.05, 3.63) is 23.8 Å². The quantitative estimate of drug-likeness (QED) is 0.877. The van der Waals surface area contributed by atoms with Gasteiger partial charge in [-0.05, 0) is 32.9 Å². The Balaban J connectivity index is 2.54. The van der Waals surface area contributed by atoms with Gasteiger partial charge in [0.25, 0.3) is 0 Å². The number of ether oxygens (including phenoxy) is 1. The SMILES string of the molecule is COc1cccc(N2CCNC(=O)C2(C)C)c1[C@@H](C)N. The molecule has 110 valence electrons. The predicted octanol–water partition coefficient (Wildman–Crippen LogP) is 1.43. The van der Waals surface area contributed by atoms with Gasteiger partial charge in [0.1, 0.15) is 11.3 Å². The van der Waals surface area contributed by atoms with Crippen molar-refractivity contribution in [3.8, 4) is 5.75 Å². The van der Waals surface area contributed by atoms with E-state index in [1.54, 1.807) is 7.11 Å². The third-order valence-corrected chi connectivity index (χ3v) is 3.86. The average molecular weight is 277 g/mol. The molecule has 0 saturated carbocycles. The Labute approximate surface area is 120 Å². The lowest BCUT2D eigenvalue weighted by molar-refractivity contribution is -0.126. The molecule has 1 aromatic rings. The van der Waals surface area contributed by atoms with Crippen LogP contribution in [-0.4, -0.2) is 31.6 Å². The second-order valence-electron chi connectivity index (χ2n) is 5.65. The number of hydrogen-bond acceptors (Lipinski definition) is 4. The number of rotatable bonds is 3. The molecule has 3 N–H and O–H groups in total. The van der Waals surface area contributed by atoms with Gasteiger partial charge in [-0.1, -0.05) is 6.07 Å². The van der Waals surface area contributed by atoms with Crippen molar-refractivity contribution in [2.24, 2.45) is 5.73 Å². The fourth-order valence-electron chi connectivity index (χ4n) is 2.72. The van der Waals surface area contributed by atoms with Crippen LogP contribution in [0, 0.1) is 0 Å². The Hall–Kier alpha value is -1.75. The van der Waals surface area contributed by atoms with E-state index in [2.05, 4.69) is 10.2 Å². The molecule has 0 bridgehead atoms. The Kier molecular flexibility index (Phi) is 3.90. The summed E-state index contributed by atoms with van der Waals surface area (Å²) in [5.41, 5.74) is 7.42. The van der Waals surface area contributed by atoms with E-state index in [0.717, 1.165) is 23.5 Å². The van der Waals surface area contributed by atoms with Gasteiger partial charge in [-0.25, -0.2) is 0 Å². The van der Waals surface area contributed by atoms with Crippen molar-refractivity contribution in [1.82, 2.24) is 5.32 Å². The minimum Gasteiger partial charge on any atom is -0.496 e. The molecule has 1 saturated heterocycles. The van der Waals surface area contributed by atoms with Crippen LogP contribution in [0.1, 0.15) is 32.4 Å². The molecule has 1 aromatic carbocycles. The van der Waals surface area contributed by atoms with Gasteiger partial charge in [-0.2, -0.15) is 0 Å². The average Bonchev–Trinajstić information content (AvgIpc) is 2.40. The van der Waals surface area contributed by atoms with Crippen LogP contribution in [0.15, 0.2) is 18.2 Å². The third-order valence-electron chi connectivity index (χ3n) is 3.86. The number of nitrogens with one attached hydrogen (secondary N) is 1. The van der Waals surface area contributed by atoms with Gasteiger partial charge in [-0.15, -0.1) is 0 Å². The molecule has 1 aliphatic rings. The fraction of sp³-hybridized carbons (Fsp3) is 0.533. The molecule has 5 heteroatoms. The normalized spacial score (nSPS) is 19.4. The number of methoxy groups -OCH3 is 1. The van der Waals surface area contributed by atoms with E-state index in [4.69, 9.17) is 10.5 Å². The lowest BCUT2D eigenvalue weighted by Crippen LogP contribution is -2.62. The van der Waals surface area contributed by atoms with Crippen molar-refractivity contribution >= 4 is 11.6 Å². The highest BCUT2D eigenvalue weighted by atomic mass is 16.5. The molecule has 0 aliphatic carbocycles. The summed E-state index contributed by atoms with van der Waals surface area (Å²) in [6, 6.07) is 5.67. The largest absolute Gasteiger partial charge is 0.496 e. The van der Waals surface area contributed by atoms with E-state index < -0.39 is 5.54 Å². The van der Waals surface area contributed by atoms with Crippen LogP contribution >= 0.6 is 0 Å². The maximum Gasteiger partial charge on any atom is 0.245 e. The molecule has 0 unspecified atom stereocenters. The summed E-state index contributed by atoms with van der Waals surface area (Å²) in [7, 11) is 1.64. The van der Waals surface area contributed by atoms with Crippen LogP contribution in [-0.2, 0) is 4.79 Å². The number of hydrogen-bond donors (Lipinski definition) is 2. The van der Waals surface area contributed by atoms with E-state index in [9.17, 15) is 4.79 Å². The Bertz CT molecular complexity index is 512. The predicted molar refractivity (Wildman–Crippen MR) is 80.0 cm³/mol. The van der Waals surface area contributed by atoms with Gasteiger partial charge in [0.15, 0.2) is 0 Å². The van der Waals surface area contributed by atoms with E-state index in [1.807, 2.05) is 39.0 Å². The van der Waals surface area contributed by atoms with E-state index in [0.29, 0.717) is 6.54 Å². The van der Waals surface area contributed by atoms with Gasteiger partial charge in [-0.3, -0.25) is 4.79 Å². The van der Waals surface area contributed by atoms with Crippen molar-refractivity contribution in [3.63, 3.8) is 0 Å².